The van der Waals surface area contributed by atoms with Crippen LogP contribution < -0.4 is 11.2 Å². The van der Waals surface area contributed by atoms with Crippen LogP contribution in [0.4, 0.5) is 18.0 Å². The smallest absolute Gasteiger partial charge is 0.416 e. The number of rotatable bonds is 5. The SMILES string of the molecule is CCOC(=O)c1cn([C@H]2CC[C@H](N3CCN(C)C3=O)CC2)c(=O)n([C@@H]2CCc3c2cccc3C(F)(F)F)c1=O. The number of carbonyl (C=O) groups is 2. The Balaban J connectivity index is 1.53. The lowest BCUT2D eigenvalue weighted by Crippen LogP contribution is -2.47. The molecule has 0 radical (unpaired) electrons. The number of hydrogen-bond acceptors (Lipinski definition) is 5. The highest BCUT2D eigenvalue weighted by Crippen LogP contribution is 2.41. The Kier molecular flexibility index (Phi) is 7.06. The minimum Gasteiger partial charge on any atom is -0.462 e. The molecule has 3 aliphatic rings. The molecule has 39 heavy (non-hydrogen) atoms. The van der Waals surface area contributed by atoms with Gasteiger partial charge < -0.3 is 14.5 Å². The van der Waals surface area contributed by atoms with Gasteiger partial charge in [-0.1, -0.05) is 12.1 Å². The fourth-order valence-electron chi connectivity index (χ4n) is 6.30. The quantitative estimate of drug-likeness (QED) is 0.533. The van der Waals surface area contributed by atoms with Crippen molar-refractivity contribution in [2.24, 2.45) is 0 Å². The van der Waals surface area contributed by atoms with Gasteiger partial charge in [-0.05, 0) is 62.6 Å². The van der Waals surface area contributed by atoms with Crippen molar-refractivity contribution < 1.29 is 27.5 Å². The van der Waals surface area contributed by atoms with Gasteiger partial charge >= 0.3 is 23.9 Å². The normalized spacial score (nSPS) is 23.3. The Labute approximate surface area is 222 Å². The number of hydrogen-bond donors (Lipinski definition) is 0. The molecule has 2 amide bonds. The zero-order chi connectivity index (χ0) is 28.1. The topological polar surface area (TPSA) is 93.8 Å². The van der Waals surface area contributed by atoms with Crippen molar-refractivity contribution in [1.82, 2.24) is 18.9 Å². The summed E-state index contributed by atoms with van der Waals surface area (Å²) in [5.74, 6) is -0.883. The van der Waals surface area contributed by atoms with Crippen molar-refractivity contribution in [3.63, 3.8) is 0 Å². The minimum absolute atomic E-state index is 0.0159. The number of halogens is 3. The highest BCUT2D eigenvalue weighted by Gasteiger charge is 2.40. The molecule has 1 saturated heterocycles. The van der Waals surface area contributed by atoms with Crippen LogP contribution in [0.1, 0.15) is 78.2 Å². The van der Waals surface area contributed by atoms with Gasteiger partial charge in [0.15, 0.2) is 0 Å². The van der Waals surface area contributed by atoms with E-state index >= 15 is 0 Å². The lowest BCUT2D eigenvalue weighted by Gasteiger charge is -2.35. The summed E-state index contributed by atoms with van der Waals surface area (Å²) in [4.78, 5) is 56.0. The van der Waals surface area contributed by atoms with Gasteiger partial charge in [-0.15, -0.1) is 0 Å². The first-order valence-corrected chi connectivity index (χ1v) is 13.3. The van der Waals surface area contributed by atoms with Gasteiger partial charge in [-0.2, -0.15) is 13.2 Å². The highest BCUT2D eigenvalue weighted by molar-refractivity contribution is 5.88. The van der Waals surface area contributed by atoms with E-state index in [0.717, 1.165) is 10.6 Å². The Bertz CT molecular complexity index is 1410. The van der Waals surface area contributed by atoms with Crippen LogP contribution in [0, 0.1) is 0 Å². The molecule has 2 aliphatic carbocycles. The van der Waals surface area contributed by atoms with Crippen molar-refractivity contribution in [1.29, 1.82) is 0 Å². The monoisotopic (exact) mass is 548 g/mol. The van der Waals surface area contributed by atoms with Gasteiger partial charge in [-0.25, -0.2) is 14.4 Å². The van der Waals surface area contributed by atoms with E-state index in [-0.39, 0.29) is 54.3 Å². The van der Waals surface area contributed by atoms with Crippen molar-refractivity contribution >= 4 is 12.0 Å². The van der Waals surface area contributed by atoms with Gasteiger partial charge in [0.2, 0.25) is 0 Å². The van der Waals surface area contributed by atoms with Crippen LogP contribution in [-0.4, -0.2) is 63.7 Å². The van der Waals surface area contributed by atoms with Crippen LogP contribution in [-0.2, 0) is 17.3 Å². The number of nitrogens with zero attached hydrogens (tertiary/aromatic N) is 4. The second-order valence-corrected chi connectivity index (χ2v) is 10.4. The number of alkyl halides is 3. The average molecular weight is 549 g/mol. The summed E-state index contributed by atoms with van der Waals surface area (Å²) in [7, 11) is 1.76. The molecule has 0 spiro atoms. The molecule has 2 aromatic rings. The number of urea groups is 1. The summed E-state index contributed by atoms with van der Waals surface area (Å²) in [6.07, 6.45) is -0.785. The van der Waals surface area contributed by atoms with E-state index in [1.54, 1.807) is 18.9 Å². The number of benzene rings is 1. The second-order valence-electron chi connectivity index (χ2n) is 10.4. The van der Waals surface area contributed by atoms with E-state index in [4.69, 9.17) is 4.74 Å². The summed E-state index contributed by atoms with van der Waals surface area (Å²) in [5.41, 5.74) is -2.31. The van der Waals surface area contributed by atoms with E-state index < -0.39 is 35.0 Å². The van der Waals surface area contributed by atoms with Crippen molar-refractivity contribution in [2.45, 2.75) is 69.8 Å². The minimum atomic E-state index is -4.57. The van der Waals surface area contributed by atoms with Gasteiger partial charge in [0, 0.05) is 38.4 Å². The van der Waals surface area contributed by atoms with Crippen LogP contribution >= 0.6 is 0 Å². The molecule has 5 rings (SSSR count). The third-order valence-electron chi connectivity index (χ3n) is 8.24. The standard InChI is InChI=1S/C27H31F3N4O5/c1-3-39-24(36)20-15-33(17-9-7-16(8-10-17)32-14-13-31(2)25(32)37)26(38)34(23(20)35)22-12-11-18-19(22)5-4-6-21(18)27(28,29)30/h4-6,15-17,22H,3,7-14H2,1-2H3/t16-,17-,22-/m1/s1. The summed E-state index contributed by atoms with van der Waals surface area (Å²) in [5, 5.41) is 0. The van der Waals surface area contributed by atoms with Gasteiger partial charge in [-0.3, -0.25) is 13.9 Å². The van der Waals surface area contributed by atoms with Gasteiger partial charge in [0.05, 0.1) is 18.2 Å². The molecule has 1 aromatic heterocycles. The first-order valence-electron chi connectivity index (χ1n) is 13.3. The van der Waals surface area contributed by atoms with Crippen molar-refractivity contribution in [3.05, 3.63) is 67.5 Å². The van der Waals surface area contributed by atoms with Crippen LogP contribution in [0.15, 0.2) is 34.0 Å². The highest BCUT2D eigenvalue weighted by atomic mass is 19.4. The maximum Gasteiger partial charge on any atom is 0.416 e. The van der Waals surface area contributed by atoms with Crippen molar-refractivity contribution in [2.75, 3.05) is 26.7 Å². The molecule has 0 N–H and O–H groups in total. The summed E-state index contributed by atoms with van der Waals surface area (Å²) >= 11 is 0. The molecule has 1 aliphatic heterocycles. The van der Waals surface area contributed by atoms with Crippen LogP contribution in [0.2, 0.25) is 0 Å². The third-order valence-corrected chi connectivity index (χ3v) is 8.24. The van der Waals surface area contributed by atoms with E-state index in [0.29, 0.717) is 38.8 Å². The zero-order valence-electron chi connectivity index (χ0n) is 21.9. The van der Waals surface area contributed by atoms with Gasteiger partial charge in [0.25, 0.3) is 5.56 Å². The van der Waals surface area contributed by atoms with E-state index in [9.17, 15) is 32.3 Å². The lowest BCUT2D eigenvalue weighted by molar-refractivity contribution is -0.138. The third kappa shape index (κ3) is 4.74. The first-order chi connectivity index (χ1) is 18.5. The molecule has 2 fully saturated rings. The summed E-state index contributed by atoms with van der Waals surface area (Å²) in [6.45, 7) is 2.91. The van der Waals surface area contributed by atoms with Crippen molar-refractivity contribution in [3.8, 4) is 0 Å². The molecule has 1 atom stereocenters. The molecule has 1 aromatic carbocycles. The number of ether oxygens (including phenoxy) is 1. The van der Waals surface area contributed by atoms with E-state index in [1.165, 1.54) is 22.9 Å². The maximum atomic E-state index is 13.8. The Morgan fingerprint density at radius 3 is 2.33 bits per heavy atom. The maximum absolute atomic E-state index is 13.8. The van der Waals surface area contributed by atoms with E-state index in [2.05, 4.69) is 0 Å². The number of esters is 1. The van der Waals surface area contributed by atoms with Gasteiger partial charge in [0.1, 0.15) is 5.56 Å². The number of likely N-dealkylation sites (N-methyl/N-ethyl adjacent to an activating group) is 1. The number of amides is 2. The largest absolute Gasteiger partial charge is 0.462 e. The Morgan fingerprint density at radius 2 is 1.72 bits per heavy atom. The molecule has 0 bridgehead atoms. The second kappa shape index (κ2) is 10.2. The average Bonchev–Trinajstić information content (AvgIpc) is 3.47. The molecular formula is C27H31F3N4O5. The number of aromatic nitrogens is 2. The fraction of sp³-hybridized carbons (Fsp3) is 0.556. The zero-order valence-corrected chi connectivity index (χ0v) is 21.9. The first kappa shape index (κ1) is 27.0. The molecule has 210 valence electrons. The Hall–Kier alpha value is -3.57. The Morgan fingerprint density at radius 1 is 1.03 bits per heavy atom. The van der Waals surface area contributed by atoms with E-state index in [1.807, 2.05) is 4.90 Å². The molecule has 2 heterocycles. The predicted molar refractivity (Wildman–Crippen MR) is 135 cm³/mol. The fourth-order valence-corrected chi connectivity index (χ4v) is 6.30. The van der Waals surface area contributed by atoms with Crippen LogP contribution in [0.5, 0.6) is 0 Å². The summed E-state index contributed by atoms with van der Waals surface area (Å²) in [6, 6.07) is 2.52. The van der Waals surface area contributed by atoms with Crippen LogP contribution in [0.3, 0.4) is 0 Å². The molecule has 12 heteroatoms. The number of fused-ring (bicyclic) bond motifs is 1. The predicted octanol–water partition coefficient (Wildman–Crippen LogP) is 3.59. The lowest BCUT2D eigenvalue weighted by atomic mass is 9.90. The molecule has 9 nitrogen and oxygen atoms in total. The molecule has 0 unspecified atom stereocenters. The molecular weight excluding hydrogens is 517 g/mol. The van der Waals surface area contributed by atoms with Crippen LogP contribution in [0.25, 0.3) is 0 Å². The number of carbonyl (C=O) groups excluding carboxylic acids is 2. The summed E-state index contributed by atoms with van der Waals surface area (Å²) < 4.78 is 48.4. The molecule has 1 saturated carbocycles.